The Bertz CT molecular complexity index is 434. The van der Waals surface area contributed by atoms with Crippen LogP contribution in [-0.2, 0) is 18.6 Å². The van der Waals surface area contributed by atoms with Crippen LogP contribution in [0.3, 0.4) is 0 Å². The zero-order chi connectivity index (χ0) is 20.4. The van der Waals surface area contributed by atoms with Crippen molar-refractivity contribution in [2.24, 2.45) is 0 Å². The van der Waals surface area contributed by atoms with Crippen molar-refractivity contribution in [3.8, 4) is 0 Å². The standard InChI is InChI=1S/C19H37O7P/c1-2-3-4-5-6-7-8-9-10-11-12-13-14-15-19(21)26-18(16-20)17-25-27(22,23)24/h7-8,18,20H,2-6,9-17H2,1H3,(H2,22,23,24). The first kappa shape index (κ1) is 26.3. The van der Waals surface area contributed by atoms with Crippen LogP contribution in [0.25, 0.3) is 0 Å². The number of allylic oxidation sites excluding steroid dienone is 2. The average molecular weight is 408 g/mol. The Morgan fingerprint density at radius 3 is 2.07 bits per heavy atom. The first-order valence-corrected chi connectivity index (χ1v) is 11.6. The zero-order valence-corrected chi connectivity index (χ0v) is 17.4. The van der Waals surface area contributed by atoms with Crippen molar-refractivity contribution < 1.29 is 33.5 Å². The lowest BCUT2D eigenvalue weighted by Crippen LogP contribution is -2.26. The lowest BCUT2D eigenvalue weighted by Gasteiger charge is -2.15. The monoisotopic (exact) mass is 408 g/mol. The summed E-state index contributed by atoms with van der Waals surface area (Å²) in [5, 5.41) is 9.04. The van der Waals surface area contributed by atoms with Crippen LogP contribution < -0.4 is 0 Å². The summed E-state index contributed by atoms with van der Waals surface area (Å²) in [6, 6.07) is 0. The summed E-state index contributed by atoms with van der Waals surface area (Å²) in [6.45, 7) is 1.15. The van der Waals surface area contributed by atoms with E-state index in [1.807, 2.05) is 0 Å². The van der Waals surface area contributed by atoms with Crippen molar-refractivity contribution in [2.75, 3.05) is 13.2 Å². The van der Waals surface area contributed by atoms with Gasteiger partial charge in [0.05, 0.1) is 13.2 Å². The Hall–Kier alpha value is -0.720. The molecule has 3 N–H and O–H groups in total. The van der Waals surface area contributed by atoms with Gasteiger partial charge in [0.15, 0.2) is 0 Å². The molecule has 0 spiro atoms. The van der Waals surface area contributed by atoms with Gasteiger partial charge in [-0.05, 0) is 32.1 Å². The summed E-state index contributed by atoms with van der Waals surface area (Å²) >= 11 is 0. The van der Waals surface area contributed by atoms with Gasteiger partial charge >= 0.3 is 13.8 Å². The number of aliphatic hydroxyl groups excluding tert-OH is 1. The fourth-order valence-corrected chi connectivity index (χ4v) is 2.90. The summed E-state index contributed by atoms with van der Waals surface area (Å²) < 4.78 is 19.8. The minimum Gasteiger partial charge on any atom is -0.457 e. The van der Waals surface area contributed by atoms with E-state index in [4.69, 9.17) is 19.6 Å². The van der Waals surface area contributed by atoms with Crippen LogP contribution in [0.5, 0.6) is 0 Å². The summed E-state index contributed by atoms with van der Waals surface area (Å²) in [6.07, 6.45) is 16.2. The molecule has 8 heteroatoms. The molecule has 0 fully saturated rings. The van der Waals surface area contributed by atoms with Gasteiger partial charge in [0.25, 0.3) is 0 Å². The molecule has 0 rings (SSSR count). The van der Waals surface area contributed by atoms with Gasteiger partial charge in [-0.1, -0.05) is 57.6 Å². The van der Waals surface area contributed by atoms with E-state index in [1.54, 1.807) is 0 Å². The number of ether oxygens (including phenoxy) is 1. The lowest BCUT2D eigenvalue weighted by molar-refractivity contribution is -0.153. The smallest absolute Gasteiger partial charge is 0.457 e. The van der Waals surface area contributed by atoms with Crippen LogP contribution in [0.15, 0.2) is 12.2 Å². The quantitative estimate of drug-likeness (QED) is 0.134. The molecule has 0 amide bonds. The van der Waals surface area contributed by atoms with E-state index in [1.165, 1.54) is 32.1 Å². The van der Waals surface area contributed by atoms with Crippen LogP contribution in [0.2, 0.25) is 0 Å². The zero-order valence-electron chi connectivity index (χ0n) is 16.6. The molecule has 0 aliphatic carbocycles. The molecule has 0 aliphatic heterocycles. The Morgan fingerprint density at radius 2 is 1.52 bits per heavy atom. The van der Waals surface area contributed by atoms with E-state index in [0.717, 1.165) is 32.1 Å². The average Bonchev–Trinajstić information content (AvgIpc) is 2.61. The molecular formula is C19H37O7P. The third-order valence-electron chi connectivity index (χ3n) is 4.07. The molecule has 0 aromatic rings. The number of hydrogen-bond donors (Lipinski definition) is 3. The number of rotatable bonds is 18. The van der Waals surface area contributed by atoms with Crippen LogP contribution in [0, 0.1) is 0 Å². The van der Waals surface area contributed by atoms with Gasteiger partial charge in [0, 0.05) is 6.42 Å². The minimum atomic E-state index is -4.63. The van der Waals surface area contributed by atoms with Gasteiger partial charge in [0.1, 0.15) is 6.10 Å². The van der Waals surface area contributed by atoms with Crippen molar-refractivity contribution in [1.29, 1.82) is 0 Å². The second-order valence-electron chi connectivity index (χ2n) is 6.71. The first-order valence-electron chi connectivity index (χ1n) is 10.0. The summed E-state index contributed by atoms with van der Waals surface area (Å²) in [5.41, 5.74) is 0. The number of esters is 1. The third-order valence-corrected chi connectivity index (χ3v) is 4.56. The molecule has 0 bridgehead atoms. The van der Waals surface area contributed by atoms with Gasteiger partial charge < -0.3 is 19.6 Å². The van der Waals surface area contributed by atoms with Crippen molar-refractivity contribution in [3.05, 3.63) is 12.2 Å². The van der Waals surface area contributed by atoms with Gasteiger partial charge in [0.2, 0.25) is 0 Å². The van der Waals surface area contributed by atoms with E-state index in [-0.39, 0.29) is 6.42 Å². The maximum atomic E-state index is 11.6. The minimum absolute atomic E-state index is 0.226. The second kappa shape index (κ2) is 17.4. The highest BCUT2D eigenvalue weighted by Gasteiger charge is 2.20. The Morgan fingerprint density at radius 1 is 0.963 bits per heavy atom. The molecule has 0 aliphatic rings. The van der Waals surface area contributed by atoms with Crippen molar-refractivity contribution in [2.45, 2.75) is 90.1 Å². The van der Waals surface area contributed by atoms with Crippen molar-refractivity contribution in [1.82, 2.24) is 0 Å². The van der Waals surface area contributed by atoms with E-state index in [2.05, 4.69) is 23.6 Å². The van der Waals surface area contributed by atoms with E-state index in [9.17, 15) is 9.36 Å². The molecule has 1 unspecified atom stereocenters. The highest BCUT2D eigenvalue weighted by Crippen LogP contribution is 2.35. The lowest BCUT2D eigenvalue weighted by atomic mass is 10.1. The molecule has 1 atom stereocenters. The Balaban J connectivity index is 3.54. The second-order valence-corrected chi connectivity index (χ2v) is 7.95. The highest BCUT2D eigenvalue weighted by atomic mass is 31.2. The van der Waals surface area contributed by atoms with Gasteiger partial charge in [-0.3, -0.25) is 9.32 Å². The van der Waals surface area contributed by atoms with Crippen LogP contribution in [-0.4, -0.2) is 40.2 Å². The van der Waals surface area contributed by atoms with Crippen LogP contribution in [0.1, 0.15) is 84.0 Å². The summed E-state index contributed by atoms with van der Waals surface area (Å²) in [5.74, 6) is -0.491. The number of hydrogen-bond acceptors (Lipinski definition) is 5. The van der Waals surface area contributed by atoms with Gasteiger partial charge in [-0.2, -0.15) is 0 Å². The Kier molecular flexibility index (Phi) is 16.9. The highest BCUT2D eigenvalue weighted by molar-refractivity contribution is 7.46. The summed E-state index contributed by atoms with van der Waals surface area (Å²) in [7, 11) is -4.63. The topological polar surface area (TPSA) is 113 Å². The number of carbonyl (C=O) groups is 1. The van der Waals surface area contributed by atoms with Gasteiger partial charge in [-0.25, -0.2) is 4.57 Å². The molecule has 0 aromatic heterocycles. The van der Waals surface area contributed by atoms with E-state index < -0.39 is 33.1 Å². The van der Waals surface area contributed by atoms with Crippen LogP contribution in [0.4, 0.5) is 0 Å². The number of phosphoric ester groups is 1. The molecule has 0 aromatic carbocycles. The van der Waals surface area contributed by atoms with E-state index >= 15 is 0 Å². The molecule has 0 saturated carbocycles. The van der Waals surface area contributed by atoms with E-state index in [0.29, 0.717) is 6.42 Å². The molecule has 160 valence electrons. The largest absolute Gasteiger partial charge is 0.469 e. The molecule has 27 heavy (non-hydrogen) atoms. The molecule has 0 heterocycles. The number of carbonyl (C=O) groups excluding carboxylic acids is 1. The number of phosphoric acid groups is 1. The Labute approximate surface area is 163 Å². The normalized spacial score (nSPS) is 13.2. The number of aliphatic hydroxyl groups is 1. The fraction of sp³-hybridized carbons (Fsp3) is 0.842. The molecule has 0 saturated heterocycles. The first-order chi connectivity index (χ1) is 12.9. The fourth-order valence-electron chi connectivity index (χ4n) is 2.54. The van der Waals surface area contributed by atoms with Gasteiger partial charge in [-0.15, -0.1) is 0 Å². The predicted molar refractivity (Wildman–Crippen MR) is 105 cm³/mol. The summed E-state index contributed by atoms with van der Waals surface area (Å²) in [4.78, 5) is 28.8. The van der Waals surface area contributed by atoms with Crippen LogP contribution >= 0.6 is 7.82 Å². The SMILES string of the molecule is CCCCCCC=CCCCCCCCC(=O)OC(CO)COP(=O)(O)O. The molecule has 0 radical (unpaired) electrons. The van der Waals surface area contributed by atoms with Crippen molar-refractivity contribution >= 4 is 13.8 Å². The molecular weight excluding hydrogens is 371 g/mol. The maximum Gasteiger partial charge on any atom is 0.469 e. The molecule has 7 nitrogen and oxygen atoms in total. The maximum absolute atomic E-state index is 11.6. The third kappa shape index (κ3) is 19.8. The van der Waals surface area contributed by atoms with Crippen molar-refractivity contribution in [3.63, 3.8) is 0 Å². The number of unbranched alkanes of at least 4 members (excludes halogenated alkanes) is 9. The predicted octanol–water partition coefficient (Wildman–Crippen LogP) is 4.26.